The van der Waals surface area contributed by atoms with E-state index in [1.54, 1.807) is 20.2 Å². The summed E-state index contributed by atoms with van der Waals surface area (Å²) < 4.78 is 38.3. The Kier molecular flexibility index (Phi) is 6.65. The molecule has 1 aliphatic rings. The van der Waals surface area contributed by atoms with Crippen molar-refractivity contribution in [2.45, 2.75) is 49.2 Å². The molecule has 2 N–H and O–H groups in total. The Bertz CT molecular complexity index is 1140. The van der Waals surface area contributed by atoms with Crippen molar-refractivity contribution in [3.63, 3.8) is 0 Å². The number of sulfonamides is 1. The molecule has 2 aromatic heterocycles. The van der Waals surface area contributed by atoms with E-state index in [4.69, 9.17) is 9.47 Å². The van der Waals surface area contributed by atoms with Crippen molar-refractivity contribution in [2.75, 3.05) is 19.0 Å². The van der Waals surface area contributed by atoms with Gasteiger partial charge in [0.2, 0.25) is 10.3 Å². The first-order valence-corrected chi connectivity index (χ1v) is 12.5. The molecule has 0 spiro atoms. The summed E-state index contributed by atoms with van der Waals surface area (Å²) in [5, 5.41) is 4.45. The van der Waals surface area contributed by atoms with Gasteiger partial charge in [-0.15, -0.1) is 0 Å². The molecule has 3 aromatic rings. The summed E-state index contributed by atoms with van der Waals surface area (Å²) in [6.07, 6.45) is 7.46. The topological polar surface area (TPSA) is 115 Å². The van der Waals surface area contributed by atoms with Crippen LogP contribution in [0.4, 0.5) is 10.9 Å². The second-order valence-corrected chi connectivity index (χ2v) is 10.2. The van der Waals surface area contributed by atoms with E-state index in [0.717, 1.165) is 42.4 Å². The van der Waals surface area contributed by atoms with E-state index in [-0.39, 0.29) is 10.4 Å². The van der Waals surface area contributed by atoms with Crippen LogP contribution < -0.4 is 14.8 Å². The fraction of sp³-hybridized carbons (Fsp3) is 0.450. The van der Waals surface area contributed by atoms with Crippen molar-refractivity contribution in [2.24, 2.45) is 0 Å². The Hall–Kier alpha value is -2.34. The maximum Gasteiger partial charge on any atom is 0.267 e. The van der Waals surface area contributed by atoms with Gasteiger partial charge in [-0.3, -0.25) is 0 Å². The molecule has 0 atom stereocenters. The van der Waals surface area contributed by atoms with Crippen molar-refractivity contribution in [3.8, 4) is 5.75 Å². The Balaban J connectivity index is 1.53. The minimum absolute atomic E-state index is 0.00618. The first-order valence-electron chi connectivity index (χ1n) is 10.2. The molecule has 1 aliphatic carbocycles. The van der Waals surface area contributed by atoms with E-state index in [1.807, 2.05) is 18.2 Å². The van der Waals surface area contributed by atoms with Crippen molar-refractivity contribution in [1.82, 2.24) is 19.7 Å². The number of nitrogens with one attached hydrogen (secondary N) is 2. The predicted octanol–water partition coefficient (Wildman–Crippen LogP) is 3.46. The van der Waals surface area contributed by atoms with Crippen molar-refractivity contribution < 1.29 is 17.9 Å². The van der Waals surface area contributed by atoms with Crippen LogP contribution >= 0.6 is 11.3 Å². The second-order valence-electron chi connectivity index (χ2n) is 7.26. The molecule has 0 saturated heterocycles. The van der Waals surface area contributed by atoms with Gasteiger partial charge in [0.05, 0.1) is 18.4 Å². The molecule has 1 aromatic carbocycles. The molecule has 1 saturated carbocycles. The van der Waals surface area contributed by atoms with Crippen LogP contribution in [-0.4, -0.2) is 49.2 Å². The molecular weight excluding hydrogens is 438 g/mol. The number of benzene rings is 1. The molecule has 1 fully saturated rings. The fourth-order valence-corrected chi connectivity index (χ4v) is 5.67. The first kappa shape index (κ1) is 21.9. The second kappa shape index (κ2) is 9.43. The average Bonchev–Trinajstić information content (AvgIpc) is 3.24. The van der Waals surface area contributed by atoms with Crippen LogP contribution in [0.2, 0.25) is 0 Å². The molecule has 166 valence electrons. The summed E-state index contributed by atoms with van der Waals surface area (Å²) in [5.74, 6) is 1.06. The lowest BCUT2D eigenvalue weighted by molar-refractivity contribution is 0.0331. The van der Waals surface area contributed by atoms with Crippen LogP contribution in [0.15, 0.2) is 34.9 Å². The Morgan fingerprint density at radius 1 is 1.13 bits per heavy atom. The van der Waals surface area contributed by atoms with E-state index in [0.29, 0.717) is 34.9 Å². The van der Waals surface area contributed by atoms with Gasteiger partial charge in [-0.05, 0) is 31.7 Å². The Labute approximate surface area is 185 Å². The van der Waals surface area contributed by atoms with E-state index in [9.17, 15) is 8.42 Å². The number of hydrogen-bond donors (Lipinski definition) is 2. The standard InChI is InChI=1S/C20H25N5O4S2/c1-3-23-31(26,27)20-22-12-17(30-20)24-19-21-11-13-5-4-6-16(18(13)25-19)29-15-9-7-14(28-2)8-10-15/h4-6,11-12,14-15,23H,3,7-10H2,1-2H3,(H,21,24,25). The number of methoxy groups -OCH3 is 1. The number of fused-ring (bicyclic) bond motifs is 1. The maximum absolute atomic E-state index is 12.1. The van der Waals surface area contributed by atoms with E-state index < -0.39 is 10.0 Å². The molecule has 0 amide bonds. The summed E-state index contributed by atoms with van der Waals surface area (Å²) in [7, 11) is -1.84. The first-order chi connectivity index (χ1) is 15.0. The third kappa shape index (κ3) is 5.12. The zero-order chi connectivity index (χ0) is 21.8. The van der Waals surface area contributed by atoms with Crippen LogP contribution in [0.1, 0.15) is 32.6 Å². The molecule has 11 heteroatoms. The van der Waals surface area contributed by atoms with Gasteiger partial charge in [-0.25, -0.2) is 28.1 Å². The highest BCUT2D eigenvalue weighted by Gasteiger charge is 2.23. The number of para-hydroxylation sites is 1. The van der Waals surface area contributed by atoms with Gasteiger partial charge in [0, 0.05) is 25.2 Å². The SMILES string of the molecule is CCNS(=O)(=O)c1ncc(Nc2ncc3cccc(OC4CCC(OC)CC4)c3n2)s1. The average molecular weight is 464 g/mol. The van der Waals surface area contributed by atoms with Gasteiger partial charge >= 0.3 is 0 Å². The summed E-state index contributed by atoms with van der Waals surface area (Å²) in [4.78, 5) is 12.9. The summed E-state index contributed by atoms with van der Waals surface area (Å²) in [6, 6.07) is 5.77. The van der Waals surface area contributed by atoms with Crippen molar-refractivity contribution in [3.05, 3.63) is 30.6 Å². The monoisotopic (exact) mass is 463 g/mol. The minimum Gasteiger partial charge on any atom is -0.488 e. The molecule has 9 nitrogen and oxygen atoms in total. The number of nitrogens with zero attached hydrogens (tertiary/aromatic N) is 3. The van der Waals surface area contributed by atoms with Crippen molar-refractivity contribution in [1.29, 1.82) is 0 Å². The summed E-state index contributed by atoms with van der Waals surface area (Å²) in [5.41, 5.74) is 0.707. The van der Waals surface area contributed by atoms with Crippen LogP contribution in [0.3, 0.4) is 0 Å². The zero-order valence-electron chi connectivity index (χ0n) is 17.4. The molecule has 0 radical (unpaired) electrons. The minimum atomic E-state index is -3.60. The molecule has 0 bridgehead atoms. The largest absolute Gasteiger partial charge is 0.488 e. The summed E-state index contributed by atoms with van der Waals surface area (Å²) >= 11 is 1.02. The smallest absolute Gasteiger partial charge is 0.267 e. The molecule has 4 rings (SSSR count). The highest BCUT2D eigenvalue weighted by Crippen LogP contribution is 2.31. The fourth-order valence-electron chi connectivity index (χ4n) is 3.55. The number of ether oxygens (including phenoxy) is 2. The number of hydrogen-bond acceptors (Lipinski definition) is 9. The van der Waals surface area contributed by atoms with Gasteiger partial charge < -0.3 is 14.8 Å². The van der Waals surface area contributed by atoms with E-state index in [1.165, 1.54) is 6.20 Å². The van der Waals surface area contributed by atoms with Crippen molar-refractivity contribution >= 4 is 43.2 Å². The highest BCUT2D eigenvalue weighted by molar-refractivity contribution is 7.91. The van der Waals surface area contributed by atoms with E-state index >= 15 is 0 Å². The third-order valence-corrected chi connectivity index (χ3v) is 7.96. The lowest BCUT2D eigenvalue weighted by Gasteiger charge is -2.28. The molecule has 2 heterocycles. The lowest BCUT2D eigenvalue weighted by atomic mass is 9.95. The predicted molar refractivity (Wildman–Crippen MR) is 119 cm³/mol. The third-order valence-electron chi connectivity index (χ3n) is 5.11. The maximum atomic E-state index is 12.1. The van der Waals surface area contributed by atoms with Gasteiger partial charge in [0.25, 0.3) is 10.0 Å². The van der Waals surface area contributed by atoms with Gasteiger partial charge in [-0.1, -0.05) is 30.4 Å². The number of thiazole rings is 1. The Morgan fingerprint density at radius 3 is 2.65 bits per heavy atom. The van der Waals surface area contributed by atoms with E-state index in [2.05, 4.69) is 25.0 Å². The number of rotatable bonds is 8. The molecule has 31 heavy (non-hydrogen) atoms. The summed E-state index contributed by atoms with van der Waals surface area (Å²) in [6.45, 7) is 2.02. The quantitative estimate of drug-likeness (QED) is 0.522. The molecule has 0 unspecified atom stereocenters. The van der Waals surface area contributed by atoms with Crippen LogP contribution in [0.25, 0.3) is 10.9 Å². The van der Waals surface area contributed by atoms with Gasteiger partial charge in [0.1, 0.15) is 16.3 Å². The highest BCUT2D eigenvalue weighted by atomic mass is 32.2. The molecular formula is C20H25N5O4S2. The van der Waals surface area contributed by atoms with Crippen LogP contribution in [0.5, 0.6) is 5.75 Å². The van der Waals surface area contributed by atoms with Gasteiger partial charge in [0.15, 0.2) is 0 Å². The van der Waals surface area contributed by atoms with Crippen LogP contribution in [-0.2, 0) is 14.8 Å². The number of aromatic nitrogens is 3. The number of anilines is 2. The lowest BCUT2D eigenvalue weighted by Crippen LogP contribution is -2.27. The van der Waals surface area contributed by atoms with Gasteiger partial charge in [-0.2, -0.15) is 0 Å². The Morgan fingerprint density at radius 2 is 1.90 bits per heavy atom. The van der Waals surface area contributed by atoms with Crippen LogP contribution in [0, 0.1) is 0 Å². The zero-order valence-corrected chi connectivity index (χ0v) is 19.0. The normalized spacial score (nSPS) is 19.4. The molecule has 0 aliphatic heterocycles.